The molecule has 0 saturated carbocycles. The summed E-state index contributed by atoms with van der Waals surface area (Å²) in [6, 6.07) is 5.80. The van der Waals surface area contributed by atoms with E-state index < -0.39 is 24.5 Å². The van der Waals surface area contributed by atoms with E-state index in [2.05, 4.69) is 4.98 Å². The van der Waals surface area contributed by atoms with Crippen LogP contribution >= 0.6 is 0 Å². The number of carbonyl (C=O) groups excluding carboxylic acids is 1. The van der Waals surface area contributed by atoms with Crippen LogP contribution in [0.3, 0.4) is 0 Å². The van der Waals surface area contributed by atoms with Gasteiger partial charge in [-0.15, -0.1) is 0 Å². The number of carboxylic acids is 1. The van der Waals surface area contributed by atoms with E-state index in [9.17, 15) is 23.1 Å². The second-order valence-electron chi connectivity index (χ2n) is 3.38. The average Bonchev–Trinajstić information content (AvgIpc) is 2.56. The van der Waals surface area contributed by atoms with E-state index in [1.165, 1.54) is 24.3 Å². The number of imidazole rings is 1. The van der Waals surface area contributed by atoms with Gasteiger partial charge < -0.3 is 14.5 Å². The monoisotopic (exact) mass is 282 g/mol. The van der Waals surface area contributed by atoms with Crippen LogP contribution in [-0.4, -0.2) is 15.5 Å². The summed E-state index contributed by atoms with van der Waals surface area (Å²) in [6.45, 7) is -0.880. The summed E-state index contributed by atoms with van der Waals surface area (Å²) in [7, 11) is 0. The second-order valence-corrected chi connectivity index (χ2v) is 3.38. The Bertz CT molecular complexity index is 580. The smallest absolute Gasteiger partial charge is 0.548 e. The van der Waals surface area contributed by atoms with Gasteiger partial charge in [-0.2, -0.15) is 13.2 Å². The van der Waals surface area contributed by atoms with E-state index in [4.69, 9.17) is 0 Å². The minimum atomic E-state index is -4.70. The van der Waals surface area contributed by atoms with Crippen molar-refractivity contribution in [1.29, 1.82) is 0 Å². The summed E-state index contributed by atoms with van der Waals surface area (Å²) in [6.07, 6.45) is -4.70. The van der Waals surface area contributed by atoms with E-state index >= 15 is 0 Å². The van der Waals surface area contributed by atoms with Crippen LogP contribution in [0.4, 0.5) is 13.2 Å². The number of alkyl halides is 3. The molecular weight excluding hydrogens is 276 g/mol. The molecule has 0 saturated heterocycles. The number of para-hydroxylation sites is 2. The maximum absolute atomic E-state index is 12.6. The maximum atomic E-state index is 12.6. The standard InChI is InChI=1S/C10H7F3N2O2.K/c11-10(12,13)9-14-6-3-1-2-4-7(6)15(9)5-8(16)17;/h1-4H,5H2,(H,16,17);/q;+1/p-1. The van der Waals surface area contributed by atoms with Crippen LogP contribution in [0.2, 0.25) is 0 Å². The summed E-state index contributed by atoms with van der Waals surface area (Å²) >= 11 is 0. The second kappa shape index (κ2) is 5.70. The van der Waals surface area contributed by atoms with E-state index in [1.807, 2.05) is 0 Å². The largest absolute Gasteiger partial charge is 1.00 e. The number of fused-ring (bicyclic) bond motifs is 1. The van der Waals surface area contributed by atoms with Crippen molar-refractivity contribution < 1.29 is 74.5 Å². The van der Waals surface area contributed by atoms with Crippen LogP contribution in [0.15, 0.2) is 24.3 Å². The zero-order chi connectivity index (χ0) is 12.6. The summed E-state index contributed by atoms with van der Waals surface area (Å²) in [5.41, 5.74) is 0.213. The molecule has 0 unspecified atom stereocenters. The van der Waals surface area contributed by atoms with Gasteiger partial charge >= 0.3 is 57.6 Å². The van der Waals surface area contributed by atoms with Gasteiger partial charge in [0.1, 0.15) is 0 Å². The summed E-state index contributed by atoms with van der Waals surface area (Å²) < 4.78 is 38.5. The van der Waals surface area contributed by atoms with Gasteiger partial charge in [-0.1, -0.05) is 12.1 Å². The molecule has 1 aromatic heterocycles. The van der Waals surface area contributed by atoms with Gasteiger partial charge in [0.2, 0.25) is 5.82 Å². The summed E-state index contributed by atoms with van der Waals surface area (Å²) in [5, 5.41) is 10.5. The van der Waals surface area contributed by atoms with E-state index in [1.54, 1.807) is 0 Å². The summed E-state index contributed by atoms with van der Waals surface area (Å²) in [5.74, 6) is -2.83. The molecule has 2 aromatic rings. The van der Waals surface area contributed by atoms with Crippen molar-refractivity contribution in [3.63, 3.8) is 0 Å². The fourth-order valence-corrected chi connectivity index (χ4v) is 1.58. The number of carboxylic acid groups (broad SMARTS) is 1. The molecule has 0 bridgehead atoms. The molecule has 0 aliphatic carbocycles. The molecule has 0 amide bonds. The third kappa shape index (κ3) is 3.12. The molecule has 90 valence electrons. The molecule has 0 radical (unpaired) electrons. The molecule has 1 heterocycles. The first-order valence-electron chi connectivity index (χ1n) is 4.62. The molecule has 0 aliphatic rings. The van der Waals surface area contributed by atoms with Gasteiger partial charge in [-0.05, 0) is 12.1 Å². The normalized spacial score (nSPS) is 11.3. The Morgan fingerprint density at radius 2 is 1.94 bits per heavy atom. The van der Waals surface area contributed by atoms with Gasteiger partial charge in [-0.3, -0.25) is 0 Å². The topological polar surface area (TPSA) is 57.9 Å². The van der Waals surface area contributed by atoms with Crippen LogP contribution in [0.5, 0.6) is 0 Å². The van der Waals surface area contributed by atoms with Gasteiger partial charge in [0.25, 0.3) is 0 Å². The predicted octanol–water partition coefficient (Wildman–Crippen LogP) is -2.19. The fourth-order valence-electron chi connectivity index (χ4n) is 1.58. The molecule has 0 spiro atoms. The fraction of sp³-hybridized carbons (Fsp3) is 0.200. The average molecular weight is 282 g/mol. The van der Waals surface area contributed by atoms with E-state index in [0.29, 0.717) is 4.57 Å². The molecule has 0 fully saturated rings. The SMILES string of the molecule is O=C([O-])Cn1c(C(F)(F)F)nc2ccccc21.[K+]. The number of aromatic nitrogens is 2. The van der Waals surface area contributed by atoms with Gasteiger partial charge in [0.15, 0.2) is 0 Å². The number of benzene rings is 1. The number of carbonyl (C=O) groups is 1. The maximum Gasteiger partial charge on any atom is 1.00 e. The van der Waals surface area contributed by atoms with Crippen molar-refractivity contribution in [3.8, 4) is 0 Å². The van der Waals surface area contributed by atoms with Gasteiger partial charge in [0, 0.05) is 0 Å². The van der Waals surface area contributed by atoms with Crippen molar-refractivity contribution in [1.82, 2.24) is 9.55 Å². The Balaban J connectivity index is 0.00000162. The van der Waals surface area contributed by atoms with Crippen LogP contribution < -0.4 is 56.5 Å². The molecule has 18 heavy (non-hydrogen) atoms. The van der Waals surface area contributed by atoms with Gasteiger partial charge in [0.05, 0.1) is 23.5 Å². The first-order valence-corrected chi connectivity index (χ1v) is 4.62. The Morgan fingerprint density at radius 3 is 2.50 bits per heavy atom. The molecule has 0 aliphatic heterocycles. The Morgan fingerprint density at radius 1 is 1.33 bits per heavy atom. The third-order valence-electron chi connectivity index (χ3n) is 2.20. The minimum Gasteiger partial charge on any atom is -0.548 e. The minimum absolute atomic E-state index is 0. The van der Waals surface area contributed by atoms with Crippen LogP contribution in [0, 0.1) is 0 Å². The van der Waals surface area contributed by atoms with Crippen molar-refractivity contribution in [2.75, 3.05) is 0 Å². The Labute approximate surface area is 142 Å². The Hall–Kier alpha value is -0.414. The quantitative estimate of drug-likeness (QED) is 0.588. The molecule has 0 atom stereocenters. The van der Waals surface area contributed by atoms with E-state index in [-0.39, 0.29) is 62.4 Å². The molecular formula is C10H6F3KN2O2. The number of rotatable bonds is 2. The molecule has 1 aromatic carbocycles. The molecule has 8 heteroatoms. The first-order chi connectivity index (χ1) is 7.89. The zero-order valence-corrected chi connectivity index (χ0v) is 12.5. The first kappa shape index (κ1) is 15.6. The predicted molar refractivity (Wildman–Crippen MR) is 49.7 cm³/mol. The van der Waals surface area contributed by atoms with Crippen LogP contribution in [0.25, 0.3) is 11.0 Å². The van der Waals surface area contributed by atoms with Crippen molar-refractivity contribution in [3.05, 3.63) is 30.1 Å². The molecule has 2 rings (SSSR count). The molecule has 0 N–H and O–H groups in total. The van der Waals surface area contributed by atoms with Crippen molar-refractivity contribution in [2.45, 2.75) is 12.7 Å². The number of aliphatic carboxylic acids is 1. The van der Waals surface area contributed by atoms with Gasteiger partial charge in [-0.25, -0.2) is 4.98 Å². The number of halogens is 3. The van der Waals surface area contributed by atoms with Crippen LogP contribution in [0.1, 0.15) is 5.82 Å². The van der Waals surface area contributed by atoms with Crippen LogP contribution in [-0.2, 0) is 17.5 Å². The third-order valence-corrected chi connectivity index (χ3v) is 2.20. The number of nitrogens with zero attached hydrogens (tertiary/aromatic N) is 2. The van der Waals surface area contributed by atoms with Crippen molar-refractivity contribution in [2.24, 2.45) is 0 Å². The van der Waals surface area contributed by atoms with Crippen molar-refractivity contribution >= 4 is 17.0 Å². The van der Waals surface area contributed by atoms with E-state index in [0.717, 1.165) is 0 Å². The molecule has 4 nitrogen and oxygen atoms in total. The number of hydrogen-bond donors (Lipinski definition) is 0. The number of hydrogen-bond acceptors (Lipinski definition) is 3. The zero-order valence-electron chi connectivity index (χ0n) is 9.36. The summed E-state index contributed by atoms with van der Waals surface area (Å²) in [4.78, 5) is 13.8. The Kier molecular flexibility index (Phi) is 4.95.